The molecule has 1 aromatic carbocycles. The number of fused-ring (bicyclic) bond motifs is 4. The van der Waals surface area contributed by atoms with Gasteiger partial charge in [0.1, 0.15) is 102 Å². The number of aliphatic hydroxyl groups excluding tert-OH is 5. The molecule has 30 nitrogen and oxygen atoms in total. The smallest absolute Gasteiger partial charge is 0.342 e. The average Bonchev–Trinajstić information content (AvgIpc) is 1.59. The van der Waals surface area contributed by atoms with Gasteiger partial charge in [0.05, 0.1) is 75.1 Å². The average molecular weight is 1240 g/mol. The summed E-state index contributed by atoms with van der Waals surface area (Å²) >= 11 is 0. The van der Waals surface area contributed by atoms with E-state index in [0.717, 1.165) is 6.07 Å². The Labute approximate surface area is 496 Å². The number of rotatable bonds is 15. The minimum atomic E-state index is -1.82. The summed E-state index contributed by atoms with van der Waals surface area (Å²) in [5.74, 6) is -5.67. The molecule has 488 valence electrons. The molecule has 0 amide bonds. The Morgan fingerprint density at radius 1 is 0.698 bits per heavy atom. The number of aromatic hydroxyl groups is 2. The number of benzene rings is 1. The maximum absolute atomic E-state index is 13.1. The minimum Gasteiger partial charge on any atom is -0.508 e. The second-order valence-corrected chi connectivity index (χ2v) is 24.4. The van der Waals surface area contributed by atoms with Crippen LogP contribution < -0.4 is 0 Å². The summed E-state index contributed by atoms with van der Waals surface area (Å²) in [6, 6.07) is 2.31. The molecule has 0 radical (unpaired) electrons. The SMILES string of the molecule is COC(C)[C@]1(O)CO[C@]2(O[C@H]3[C@@H](OC)[C@H](O[C@@H]4O[C@H](CO)[C@@H](O[C@@H]5O[C@H](C)[C@H](C)[C@H](O[C@H]6C[C@@]7(C)O[C@@]8(C[C@@H](O)[C@H](O[C@H]9C[C@@H](O)[C@H](OC(=O)c%10c(C)cc(O)cc%10O)[C@@H](C)O9)[C@@H](C)O8)O[C@@H]7[C@@H](C)O6)[C@H]5O)[C@H](O)[C@@H]4OC)OC[C@@H]3O2)[C@@H]2OCO[C@H]21. The maximum atomic E-state index is 13.1. The Kier molecular flexibility index (Phi) is 18.9. The van der Waals surface area contributed by atoms with E-state index in [4.69, 9.17) is 99.5 Å². The topological polar surface area (TPSA) is 373 Å². The molecule has 10 heterocycles. The predicted molar refractivity (Wildman–Crippen MR) is 279 cm³/mol. The lowest BCUT2D eigenvalue weighted by Gasteiger charge is -2.49. The van der Waals surface area contributed by atoms with Crippen molar-refractivity contribution in [2.75, 3.05) is 47.9 Å². The van der Waals surface area contributed by atoms with E-state index < -0.39 is 207 Å². The van der Waals surface area contributed by atoms with E-state index in [1.54, 1.807) is 34.6 Å². The van der Waals surface area contributed by atoms with Crippen LogP contribution in [0.2, 0.25) is 0 Å². The zero-order valence-electron chi connectivity index (χ0n) is 49.8. The van der Waals surface area contributed by atoms with E-state index >= 15 is 0 Å². The van der Waals surface area contributed by atoms with Gasteiger partial charge >= 0.3 is 11.9 Å². The van der Waals surface area contributed by atoms with Crippen LogP contribution in [-0.2, 0) is 99.5 Å². The van der Waals surface area contributed by atoms with Gasteiger partial charge in [-0.25, -0.2) is 4.79 Å². The van der Waals surface area contributed by atoms with Crippen molar-refractivity contribution in [1.29, 1.82) is 0 Å². The summed E-state index contributed by atoms with van der Waals surface area (Å²) in [7, 11) is 4.19. The number of esters is 1. The summed E-state index contributed by atoms with van der Waals surface area (Å²) in [6.07, 6.45) is -28.1. The lowest BCUT2D eigenvalue weighted by Crippen LogP contribution is -2.69. The van der Waals surface area contributed by atoms with E-state index in [-0.39, 0.29) is 56.1 Å². The van der Waals surface area contributed by atoms with Crippen LogP contribution in [0.5, 0.6) is 11.5 Å². The molecule has 8 N–H and O–H groups in total. The highest BCUT2D eigenvalue weighted by atomic mass is 16.9. The van der Waals surface area contributed by atoms with E-state index in [2.05, 4.69) is 0 Å². The Bertz CT molecular complexity index is 2470. The van der Waals surface area contributed by atoms with E-state index in [0.29, 0.717) is 0 Å². The van der Waals surface area contributed by atoms with Gasteiger partial charge < -0.3 is 140 Å². The van der Waals surface area contributed by atoms with Gasteiger partial charge in [0.25, 0.3) is 5.97 Å². The van der Waals surface area contributed by atoms with Gasteiger partial charge in [-0.05, 0) is 60.1 Å². The molecule has 0 aromatic heterocycles. The van der Waals surface area contributed by atoms with Gasteiger partial charge in [-0.15, -0.1) is 0 Å². The van der Waals surface area contributed by atoms with E-state index in [1.165, 1.54) is 34.3 Å². The number of phenols is 2. The van der Waals surface area contributed by atoms with Crippen LogP contribution in [0.15, 0.2) is 12.1 Å². The fourth-order valence-corrected chi connectivity index (χ4v) is 13.8. The highest BCUT2D eigenvalue weighted by molar-refractivity contribution is 5.94. The molecule has 11 rings (SSSR count). The molecule has 10 aliphatic heterocycles. The number of hydrogen-bond donors (Lipinski definition) is 8. The number of aliphatic hydroxyl groups is 6. The molecular weight excluding hydrogens is 1150 g/mol. The fraction of sp³-hybridized carbons (Fsp3) is 0.875. The molecule has 30 heteroatoms. The van der Waals surface area contributed by atoms with Crippen molar-refractivity contribution < 1.29 is 145 Å². The summed E-state index contributed by atoms with van der Waals surface area (Å²) < 4.78 is 129. The van der Waals surface area contributed by atoms with Crippen molar-refractivity contribution in [2.45, 2.75) is 257 Å². The third-order valence-electron chi connectivity index (χ3n) is 18.6. The van der Waals surface area contributed by atoms with Crippen LogP contribution in [0.4, 0.5) is 0 Å². The summed E-state index contributed by atoms with van der Waals surface area (Å²) in [5.41, 5.74) is -2.62. The fourth-order valence-electron chi connectivity index (χ4n) is 13.8. The zero-order chi connectivity index (χ0) is 61.7. The molecule has 0 aliphatic carbocycles. The number of carbonyl (C=O) groups excluding carboxylic acids is 1. The lowest BCUT2D eigenvalue weighted by molar-refractivity contribution is -0.422. The van der Waals surface area contributed by atoms with Gasteiger partial charge in [-0.1, -0.05) is 6.92 Å². The molecule has 10 fully saturated rings. The van der Waals surface area contributed by atoms with Gasteiger partial charge in [-0.2, -0.15) is 0 Å². The van der Waals surface area contributed by atoms with Crippen LogP contribution in [0.25, 0.3) is 0 Å². The number of aryl methyl sites for hydroxylation is 1. The zero-order valence-corrected chi connectivity index (χ0v) is 49.8. The van der Waals surface area contributed by atoms with Crippen LogP contribution >= 0.6 is 0 Å². The Hall–Kier alpha value is -2.75. The maximum Gasteiger partial charge on any atom is 0.342 e. The standard InChI is InChI=1S/C56H84O30/c1-21-12-28(58)13-29(59)36(21)49(64)79-40-24(4)73-34(14-30(40)60)77-41-25(5)82-55(15-31(41)61)85-46-26(6)74-35(16-53(46,8)86-55)78-39-22(2)23(3)75-50(38(39)63)80-42-32(17-57)76-52(44(67-10)37(42)62)81-51-45(68-11)43-33(18-69-51)83-56(84-43)48-47(70-20-71-48)54(65,19-72-56)27(7)66-9/h12-13,22-27,30-35,37-48,50-52,57-63,65H,14-20H2,1-11H3/t22-,23+,24+,25+,26+,27?,30+,31+,32+,33-,34-,35-,37-,38+,39-,40+,41+,42+,43+,44-,45+,46+,47+,48+,50-,51-,52-,53+,54+,55+,56+/m0/s1. The van der Waals surface area contributed by atoms with Gasteiger partial charge in [0.2, 0.25) is 0 Å². The number of carbonyl (C=O) groups is 1. The van der Waals surface area contributed by atoms with Crippen molar-refractivity contribution in [3.05, 3.63) is 23.3 Å². The van der Waals surface area contributed by atoms with Crippen molar-refractivity contribution in [3.63, 3.8) is 0 Å². The molecule has 0 bridgehead atoms. The van der Waals surface area contributed by atoms with E-state index in [1.807, 2.05) is 13.8 Å². The predicted octanol–water partition coefficient (Wildman–Crippen LogP) is -1.09. The second-order valence-electron chi connectivity index (χ2n) is 24.4. The Morgan fingerprint density at radius 3 is 2.10 bits per heavy atom. The summed E-state index contributed by atoms with van der Waals surface area (Å²) in [4.78, 5) is 13.1. The van der Waals surface area contributed by atoms with Crippen LogP contribution in [0.1, 0.15) is 83.7 Å². The first kappa shape index (κ1) is 64.8. The van der Waals surface area contributed by atoms with Crippen molar-refractivity contribution in [3.8, 4) is 11.5 Å². The van der Waals surface area contributed by atoms with Crippen LogP contribution in [0, 0.1) is 12.8 Å². The third-order valence-corrected chi connectivity index (χ3v) is 18.6. The van der Waals surface area contributed by atoms with Gasteiger partial charge in [0, 0.05) is 46.2 Å². The molecule has 1 unspecified atom stereocenters. The molecule has 1 aromatic rings. The molecule has 10 aliphatic rings. The molecule has 31 atom stereocenters. The molecule has 2 spiro atoms. The first-order chi connectivity index (χ1) is 40.8. The molecule has 0 saturated carbocycles. The first-order valence-electron chi connectivity index (χ1n) is 29.3. The number of methoxy groups -OCH3 is 3. The molecular formula is C56H84O30. The second kappa shape index (κ2) is 25.0. The highest BCUT2D eigenvalue weighted by Crippen LogP contribution is 2.52. The molecule has 86 heavy (non-hydrogen) atoms. The van der Waals surface area contributed by atoms with Crippen LogP contribution in [-0.4, -0.2) is 278 Å². The summed E-state index contributed by atoms with van der Waals surface area (Å²) in [6.45, 7) is 12.4. The Balaban J connectivity index is 0.690. The van der Waals surface area contributed by atoms with Crippen molar-refractivity contribution in [1.82, 2.24) is 0 Å². The first-order valence-corrected chi connectivity index (χ1v) is 29.3. The third kappa shape index (κ3) is 11.7. The lowest BCUT2D eigenvalue weighted by atomic mass is 9.85. The number of hydrogen-bond acceptors (Lipinski definition) is 30. The normalized spacial score (nSPS) is 50.6. The van der Waals surface area contributed by atoms with Gasteiger partial charge in [-0.3, -0.25) is 0 Å². The monoisotopic (exact) mass is 1240 g/mol. The number of ether oxygens (including phenoxy) is 21. The highest BCUT2D eigenvalue weighted by Gasteiger charge is 2.71. The molecule has 10 saturated heterocycles. The Morgan fingerprint density at radius 2 is 1.42 bits per heavy atom. The minimum absolute atomic E-state index is 0.0724. The van der Waals surface area contributed by atoms with Crippen molar-refractivity contribution >= 4 is 5.97 Å². The number of phenolic OH excluding ortho intramolecular Hbond substituents is 2. The van der Waals surface area contributed by atoms with Crippen molar-refractivity contribution in [2.24, 2.45) is 5.92 Å². The van der Waals surface area contributed by atoms with E-state index in [9.17, 15) is 45.6 Å². The van der Waals surface area contributed by atoms with Gasteiger partial charge in [0.15, 0.2) is 43.7 Å². The quantitative estimate of drug-likeness (QED) is 0.0968. The largest absolute Gasteiger partial charge is 0.508 e. The van der Waals surface area contributed by atoms with Crippen LogP contribution in [0.3, 0.4) is 0 Å². The summed E-state index contributed by atoms with van der Waals surface area (Å²) in [5, 5.41) is 89.3.